The molecule has 3 rings (SSSR count). The van der Waals surface area contributed by atoms with E-state index in [-0.39, 0.29) is 0 Å². The molecule has 0 amide bonds. The van der Waals surface area contributed by atoms with Crippen LogP contribution < -0.4 is 5.73 Å². The zero-order valence-corrected chi connectivity index (χ0v) is 9.37. The molecule has 0 atom stereocenters. The Morgan fingerprint density at radius 3 is 3.00 bits per heavy atom. The predicted octanol–water partition coefficient (Wildman–Crippen LogP) is 0.980. The fraction of sp³-hybridized carbons (Fsp3) is 0.0909. The van der Waals surface area contributed by atoms with E-state index in [1.807, 2.05) is 6.07 Å². The van der Waals surface area contributed by atoms with E-state index in [1.165, 1.54) is 0 Å². The van der Waals surface area contributed by atoms with E-state index in [0.717, 1.165) is 11.3 Å². The maximum atomic E-state index is 5.54. The predicted molar refractivity (Wildman–Crippen MR) is 63.0 cm³/mol. The van der Waals surface area contributed by atoms with Crippen LogP contribution in [0, 0.1) is 0 Å². The third kappa shape index (κ3) is 1.87. The van der Waals surface area contributed by atoms with Gasteiger partial charge in [0.05, 0.1) is 5.69 Å². The van der Waals surface area contributed by atoms with Gasteiger partial charge in [-0.2, -0.15) is 4.98 Å². The van der Waals surface area contributed by atoms with Crippen LogP contribution in [0.15, 0.2) is 35.2 Å². The van der Waals surface area contributed by atoms with Gasteiger partial charge in [0.15, 0.2) is 5.82 Å². The van der Waals surface area contributed by atoms with Crippen molar-refractivity contribution in [3.63, 3.8) is 0 Å². The van der Waals surface area contributed by atoms with Gasteiger partial charge in [0.2, 0.25) is 5.82 Å². The van der Waals surface area contributed by atoms with Crippen LogP contribution in [0.25, 0.3) is 23.1 Å². The van der Waals surface area contributed by atoms with Crippen molar-refractivity contribution < 1.29 is 4.52 Å². The van der Waals surface area contributed by atoms with Crippen molar-refractivity contribution in [3.05, 3.63) is 36.4 Å². The van der Waals surface area contributed by atoms with Crippen LogP contribution in [0.4, 0.5) is 0 Å². The number of H-pyrrole nitrogens is 1. The van der Waals surface area contributed by atoms with Crippen molar-refractivity contribution in [1.29, 1.82) is 0 Å². The van der Waals surface area contributed by atoms with Crippen molar-refractivity contribution >= 4 is 0 Å². The minimum absolute atomic E-state index is 0.368. The number of nitrogens with one attached hydrogen (secondary N) is 1. The number of rotatable bonds is 3. The molecule has 0 unspecified atom stereocenters. The van der Waals surface area contributed by atoms with Crippen molar-refractivity contribution in [2.75, 3.05) is 0 Å². The highest BCUT2D eigenvalue weighted by atomic mass is 16.5. The molecular formula is C11H10N6O. The molecule has 0 aliphatic heterocycles. The minimum Gasteiger partial charge on any atom is -0.342 e. The Hall–Kier alpha value is -2.54. The van der Waals surface area contributed by atoms with E-state index in [4.69, 9.17) is 10.3 Å². The van der Waals surface area contributed by atoms with E-state index in [9.17, 15) is 0 Å². The Bertz CT molecular complexity index is 645. The van der Waals surface area contributed by atoms with Gasteiger partial charge in [0.1, 0.15) is 0 Å². The number of imidazole rings is 1. The summed E-state index contributed by atoms with van der Waals surface area (Å²) in [6, 6.07) is 3.61. The fourth-order valence-corrected chi connectivity index (χ4v) is 1.55. The monoisotopic (exact) mass is 242 g/mol. The normalized spacial score (nSPS) is 10.7. The van der Waals surface area contributed by atoms with Crippen molar-refractivity contribution in [1.82, 2.24) is 25.1 Å². The zero-order chi connectivity index (χ0) is 12.4. The Balaban J connectivity index is 1.97. The number of pyridine rings is 1. The molecule has 90 valence electrons. The Labute approximate surface area is 102 Å². The Kier molecular flexibility index (Phi) is 2.58. The van der Waals surface area contributed by atoms with E-state index >= 15 is 0 Å². The number of aromatic nitrogens is 5. The molecule has 0 spiro atoms. The quantitative estimate of drug-likeness (QED) is 0.709. The molecule has 18 heavy (non-hydrogen) atoms. The summed E-state index contributed by atoms with van der Waals surface area (Å²) in [6.07, 6.45) is 4.99. The molecule has 7 heteroatoms. The van der Waals surface area contributed by atoms with E-state index in [1.54, 1.807) is 24.7 Å². The van der Waals surface area contributed by atoms with Crippen LogP contribution >= 0.6 is 0 Å². The molecule has 0 aliphatic carbocycles. The van der Waals surface area contributed by atoms with Gasteiger partial charge < -0.3 is 15.2 Å². The molecule has 0 saturated heterocycles. The highest BCUT2D eigenvalue weighted by Crippen LogP contribution is 2.20. The SMILES string of the molecule is NCc1cc(-c2nc(-c3ncc[nH]3)no2)ccn1. The van der Waals surface area contributed by atoms with Crippen molar-refractivity contribution in [2.24, 2.45) is 5.73 Å². The van der Waals surface area contributed by atoms with Gasteiger partial charge in [-0.3, -0.25) is 4.98 Å². The summed E-state index contributed by atoms with van der Waals surface area (Å²) in [5, 5.41) is 3.86. The summed E-state index contributed by atoms with van der Waals surface area (Å²) < 4.78 is 5.18. The molecule has 0 bridgehead atoms. The number of aromatic amines is 1. The third-order valence-electron chi connectivity index (χ3n) is 2.41. The fourth-order valence-electron chi connectivity index (χ4n) is 1.55. The van der Waals surface area contributed by atoms with Crippen molar-refractivity contribution in [2.45, 2.75) is 6.54 Å². The summed E-state index contributed by atoms with van der Waals surface area (Å²) in [6.45, 7) is 0.368. The second-order valence-corrected chi connectivity index (χ2v) is 3.60. The van der Waals surface area contributed by atoms with Crippen LogP contribution in [0.2, 0.25) is 0 Å². The summed E-state index contributed by atoms with van der Waals surface area (Å²) in [5.41, 5.74) is 7.09. The second-order valence-electron chi connectivity index (χ2n) is 3.60. The molecule has 7 nitrogen and oxygen atoms in total. The maximum Gasteiger partial charge on any atom is 0.258 e. The number of hydrogen-bond acceptors (Lipinski definition) is 6. The van der Waals surface area contributed by atoms with Gasteiger partial charge in [-0.05, 0) is 12.1 Å². The molecule has 0 aromatic carbocycles. The lowest BCUT2D eigenvalue weighted by atomic mass is 10.2. The lowest BCUT2D eigenvalue weighted by Gasteiger charge is -1.97. The lowest BCUT2D eigenvalue weighted by molar-refractivity contribution is 0.432. The molecule has 3 aromatic rings. The molecular weight excluding hydrogens is 232 g/mol. The Morgan fingerprint density at radius 1 is 1.28 bits per heavy atom. The minimum atomic E-state index is 0.368. The standard InChI is InChI=1S/C11H10N6O/c12-6-8-5-7(1-2-13-8)11-16-10(17-18-11)9-14-3-4-15-9/h1-5H,6,12H2,(H,14,15). The lowest BCUT2D eigenvalue weighted by Crippen LogP contribution is -1.98. The second kappa shape index (κ2) is 4.38. The van der Waals surface area contributed by atoms with Gasteiger partial charge in [0.25, 0.3) is 5.89 Å². The van der Waals surface area contributed by atoms with E-state index in [2.05, 4.69) is 25.1 Å². The zero-order valence-electron chi connectivity index (χ0n) is 9.37. The molecule has 0 fully saturated rings. The largest absolute Gasteiger partial charge is 0.342 e. The van der Waals surface area contributed by atoms with Crippen LogP contribution in [-0.2, 0) is 6.54 Å². The first-order valence-corrected chi connectivity index (χ1v) is 5.35. The summed E-state index contributed by atoms with van der Waals surface area (Å²) in [5.74, 6) is 1.40. The smallest absolute Gasteiger partial charge is 0.258 e. The van der Waals surface area contributed by atoms with Crippen LogP contribution in [-0.4, -0.2) is 25.1 Å². The summed E-state index contributed by atoms with van der Waals surface area (Å²) in [7, 11) is 0. The molecule has 3 heterocycles. The first-order chi connectivity index (χ1) is 8.86. The highest BCUT2D eigenvalue weighted by Gasteiger charge is 2.12. The molecule has 0 radical (unpaired) electrons. The Morgan fingerprint density at radius 2 is 2.22 bits per heavy atom. The summed E-state index contributed by atoms with van der Waals surface area (Å²) in [4.78, 5) is 15.3. The number of nitrogens with zero attached hydrogens (tertiary/aromatic N) is 4. The van der Waals surface area contributed by atoms with Gasteiger partial charge in [-0.1, -0.05) is 5.16 Å². The van der Waals surface area contributed by atoms with E-state index in [0.29, 0.717) is 24.1 Å². The van der Waals surface area contributed by atoms with Crippen LogP contribution in [0.5, 0.6) is 0 Å². The first-order valence-electron chi connectivity index (χ1n) is 5.35. The van der Waals surface area contributed by atoms with Crippen LogP contribution in [0.1, 0.15) is 5.69 Å². The maximum absolute atomic E-state index is 5.54. The van der Waals surface area contributed by atoms with Gasteiger partial charge >= 0.3 is 0 Å². The summed E-state index contributed by atoms with van der Waals surface area (Å²) >= 11 is 0. The molecule has 3 aromatic heterocycles. The van der Waals surface area contributed by atoms with Gasteiger partial charge in [-0.15, -0.1) is 0 Å². The highest BCUT2D eigenvalue weighted by molar-refractivity contribution is 5.55. The third-order valence-corrected chi connectivity index (χ3v) is 2.41. The van der Waals surface area contributed by atoms with E-state index < -0.39 is 0 Å². The topological polar surface area (TPSA) is 107 Å². The first kappa shape index (κ1) is 10.6. The number of nitrogens with two attached hydrogens (primary N) is 1. The van der Waals surface area contributed by atoms with Gasteiger partial charge in [-0.25, -0.2) is 4.98 Å². The molecule has 0 aliphatic rings. The molecule has 0 saturated carbocycles. The van der Waals surface area contributed by atoms with Crippen LogP contribution in [0.3, 0.4) is 0 Å². The van der Waals surface area contributed by atoms with Gasteiger partial charge in [0, 0.05) is 30.7 Å². The average molecular weight is 242 g/mol. The molecule has 3 N–H and O–H groups in total. The average Bonchev–Trinajstić information content (AvgIpc) is 3.09. The van der Waals surface area contributed by atoms with Crippen molar-refractivity contribution in [3.8, 4) is 23.1 Å². The number of hydrogen-bond donors (Lipinski definition) is 2.